The summed E-state index contributed by atoms with van der Waals surface area (Å²) < 4.78 is 0. The summed E-state index contributed by atoms with van der Waals surface area (Å²) >= 11 is 0. The van der Waals surface area contributed by atoms with Crippen LogP contribution in [0.5, 0.6) is 0 Å². The highest BCUT2D eigenvalue weighted by Gasteiger charge is 2.18. The second-order valence-corrected chi connectivity index (χ2v) is 7.32. The van der Waals surface area contributed by atoms with E-state index in [1.807, 2.05) is 0 Å². The molecule has 0 aliphatic carbocycles. The molecule has 0 saturated heterocycles. The zero-order valence-corrected chi connectivity index (χ0v) is 17.5. The Hall–Kier alpha value is -2.51. The van der Waals surface area contributed by atoms with Crippen molar-refractivity contribution >= 4 is 23.3 Å². The van der Waals surface area contributed by atoms with Crippen molar-refractivity contribution < 1.29 is 9.85 Å². The standard InChI is InChI=1S/C21H34N4O4/c1-2-3-4-5-6-7-8-9-10-11-12-13-14-17-22-23-20-16-15-19(24(26)27)18-21(20)25(28)29/h15-18,23H,2-14H2,1H3/b22-17-. The Balaban J connectivity index is 2.11. The van der Waals surface area contributed by atoms with Crippen LogP contribution in [0.15, 0.2) is 23.3 Å². The maximum Gasteiger partial charge on any atom is 0.301 e. The van der Waals surface area contributed by atoms with Gasteiger partial charge in [0.1, 0.15) is 5.69 Å². The Morgan fingerprint density at radius 1 is 0.862 bits per heavy atom. The van der Waals surface area contributed by atoms with E-state index in [2.05, 4.69) is 17.5 Å². The largest absolute Gasteiger partial charge is 0.301 e. The number of nitro groups is 2. The lowest BCUT2D eigenvalue weighted by Gasteiger charge is -2.03. The molecule has 0 spiro atoms. The van der Waals surface area contributed by atoms with Gasteiger partial charge in [-0.3, -0.25) is 25.7 Å². The quantitative estimate of drug-likeness (QED) is 0.130. The van der Waals surface area contributed by atoms with Crippen LogP contribution in [0.25, 0.3) is 0 Å². The van der Waals surface area contributed by atoms with E-state index < -0.39 is 9.85 Å². The second kappa shape index (κ2) is 15.4. The molecule has 8 heteroatoms. The lowest BCUT2D eigenvalue weighted by molar-refractivity contribution is -0.393. The molecule has 1 aromatic rings. The van der Waals surface area contributed by atoms with Crippen molar-refractivity contribution in [1.82, 2.24) is 0 Å². The molecule has 0 atom stereocenters. The summed E-state index contributed by atoms with van der Waals surface area (Å²) in [6.07, 6.45) is 18.0. The summed E-state index contributed by atoms with van der Waals surface area (Å²) in [5, 5.41) is 25.8. The van der Waals surface area contributed by atoms with E-state index in [9.17, 15) is 20.2 Å². The van der Waals surface area contributed by atoms with Gasteiger partial charge in [-0.1, -0.05) is 77.6 Å². The summed E-state index contributed by atoms with van der Waals surface area (Å²) in [5.41, 5.74) is 2.08. The third-order valence-corrected chi connectivity index (χ3v) is 4.85. The molecule has 162 valence electrons. The summed E-state index contributed by atoms with van der Waals surface area (Å²) in [4.78, 5) is 20.5. The number of nitrogens with zero attached hydrogens (tertiary/aromatic N) is 3. The number of hydrogen-bond donors (Lipinski definition) is 1. The first-order chi connectivity index (χ1) is 14.1. The van der Waals surface area contributed by atoms with Crippen LogP contribution in [0.4, 0.5) is 17.1 Å². The number of hydrazone groups is 1. The fourth-order valence-electron chi connectivity index (χ4n) is 3.14. The highest BCUT2D eigenvalue weighted by atomic mass is 16.6. The Morgan fingerprint density at radius 2 is 1.41 bits per heavy atom. The lowest BCUT2D eigenvalue weighted by Crippen LogP contribution is -1.98. The minimum atomic E-state index is -0.659. The van der Waals surface area contributed by atoms with E-state index in [0.29, 0.717) is 0 Å². The van der Waals surface area contributed by atoms with Crippen LogP contribution >= 0.6 is 0 Å². The van der Waals surface area contributed by atoms with Crippen molar-refractivity contribution in [1.29, 1.82) is 0 Å². The Kier molecular flexibility index (Phi) is 13.0. The smallest absolute Gasteiger partial charge is 0.272 e. The van der Waals surface area contributed by atoms with Gasteiger partial charge in [0.2, 0.25) is 0 Å². The molecule has 0 saturated carbocycles. The fraction of sp³-hybridized carbons (Fsp3) is 0.667. The molecule has 1 aromatic carbocycles. The third-order valence-electron chi connectivity index (χ3n) is 4.85. The van der Waals surface area contributed by atoms with Crippen LogP contribution in [-0.4, -0.2) is 16.1 Å². The summed E-state index contributed by atoms with van der Waals surface area (Å²) in [7, 11) is 0. The molecule has 0 aliphatic heterocycles. The number of hydrogen-bond acceptors (Lipinski definition) is 6. The van der Waals surface area contributed by atoms with Gasteiger partial charge in [-0.15, -0.1) is 0 Å². The van der Waals surface area contributed by atoms with Crippen LogP contribution in [0.3, 0.4) is 0 Å². The van der Waals surface area contributed by atoms with Crippen molar-refractivity contribution in [2.75, 3.05) is 5.43 Å². The van der Waals surface area contributed by atoms with E-state index in [0.717, 1.165) is 25.3 Å². The van der Waals surface area contributed by atoms with Crippen LogP contribution < -0.4 is 5.43 Å². The maximum atomic E-state index is 11.0. The van der Waals surface area contributed by atoms with Crippen LogP contribution in [0.2, 0.25) is 0 Å². The van der Waals surface area contributed by atoms with E-state index in [4.69, 9.17) is 0 Å². The first-order valence-corrected chi connectivity index (χ1v) is 10.8. The average Bonchev–Trinajstić information content (AvgIpc) is 2.70. The number of unbranched alkanes of at least 4 members (excludes halogenated alkanes) is 12. The van der Waals surface area contributed by atoms with Crippen molar-refractivity contribution in [3.63, 3.8) is 0 Å². The van der Waals surface area contributed by atoms with Crippen molar-refractivity contribution in [3.05, 3.63) is 38.4 Å². The minimum absolute atomic E-state index is 0.145. The topological polar surface area (TPSA) is 111 Å². The summed E-state index contributed by atoms with van der Waals surface area (Å²) in [5.74, 6) is 0. The third kappa shape index (κ3) is 11.2. The van der Waals surface area contributed by atoms with E-state index in [-0.39, 0.29) is 17.1 Å². The van der Waals surface area contributed by atoms with Crippen molar-refractivity contribution in [3.8, 4) is 0 Å². The maximum absolute atomic E-state index is 11.0. The predicted octanol–water partition coefficient (Wildman–Crippen LogP) is 6.99. The molecule has 8 nitrogen and oxygen atoms in total. The van der Waals surface area contributed by atoms with Crippen LogP contribution in [0, 0.1) is 20.2 Å². The predicted molar refractivity (Wildman–Crippen MR) is 118 cm³/mol. The molecule has 1 N–H and O–H groups in total. The van der Waals surface area contributed by atoms with Gasteiger partial charge in [0.05, 0.1) is 15.9 Å². The van der Waals surface area contributed by atoms with Crippen molar-refractivity contribution in [2.45, 2.75) is 90.4 Å². The number of non-ortho nitro benzene ring substituents is 1. The molecule has 0 bridgehead atoms. The number of nitrogens with one attached hydrogen (secondary N) is 1. The van der Waals surface area contributed by atoms with Crippen LogP contribution in [0.1, 0.15) is 90.4 Å². The van der Waals surface area contributed by atoms with Gasteiger partial charge in [-0.25, -0.2) is 0 Å². The molecular weight excluding hydrogens is 372 g/mol. The number of nitro benzene ring substituents is 2. The van der Waals surface area contributed by atoms with Gasteiger partial charge in [-0.05, 0) is 18.9 Å². The number of benzene rings is 1. The monoisotopic (exact) mass is 406 g/mol. The number of rotatable bonds is 17. The second-order valence-electron chi connectivity index (χ2n) is 7.32. The molecule has 0 aromatic heterocycles. The molecular formula is C21H34N4O4. The van der Waals surface area contributed by atoms with E-state index in [1.165, 1.54) is 76.3 Å². The van der Waals surface area contributed by atoms with Gasteiger partial charge in [0.25, 0.3) is 5.69 Å². The first-order valence-electron chi connectivity index (χ1n) is 10.8. The molecule has 1 rings (SSSR count). The minimum Gasteiger partial charge on any atom is -0.272 e. The zero-order valence-electron chi connectivity index (χ0n) is 17.5. The Bertz CT molecular complexity index is 650. The van der Waals surface area contributed by atoms with Gasteiger partial charge in [-0.2, -0.15) is 5.10 Å². The van der Waals surface area contributed by atoms with Gasteiger partial charge < -0.3 is 0 Å². The molecule has 0 unspecified atom stereocenters. The number of anilines is 1. The highest BCUT2D eigenvalue weighted by Crippen LogP contribution is 2.28. The van der Waals surface area contributed by atoms with E-state index >= 15 is 0 Å². The summed E-state index contributed by atoms with van der Waals surface area (Å²) in [6.45, 7) is 2.24. The summed E-state index contributed by atoms with van der Waals surface area (Å²) in [6, 6.07) is 3.45. The Labute approximate surface area is 173 Å². The molecule has 0 radical (unpaired) electrons. The van der Waals surface area contributed by atoms with Crippen LogP contribution in [-0.2, 0) is 0 Å². The molecule has 0 fully saturated rings. The van der Waals surface area contributed by atoms with Gasteiger partial charge in [0, 0.05) is 12.3 Å². The molecule has 29 heavy (non-hydrogen) atoms. The molecule has 0 heterocycles. The highest BCUT2D eigenvalue weighted by molar-refractivity contribution is 5.67. The molecule has 0 amide bonds. The SMILES string of the molecule is CCCCCCCCCCCCCC/C=N\Nc1ccc([N+](=O)[O-])cc1[N+](=O)[O-]. The zero-order chi connectivity index (χ0) is 21.3. The lowest BCUT2D eigenvalue weighted by atomic mass is 10.0. The average molecular weight is 407 g/mol. The fourth-order valence-corrected chi connectivity index (χ4v) is 3.14. The van der Waals surface area contributed by atoms with Crippen molar-refractivity contribution in [2.24, 2.45) is 5.10 Å². The van der Waals surface area contributed by atoms with Gasteiger partial charge >= 0.3 is 5.69 Å². The molecule has 0 aliphatic rings. The Morgan fingerprint density at radius 3 is 1.93 bits per heavy atom. The van der Waals surface area contributed by atoms with Gasteiger partial charge in [0.15, 0.2) is 0 Å². The normalized spacial score (nSPS) is 11.1. The first kappa shape index (κ1) is 24.5. The van der Waals surface area contributed by atoms with E-state index in [1.54, 1.807) is 6.21 Å².